The Labute approximate surface area is 90.8 Å². The van der Waals surface area contributed by atoms with E-state index in [9.17, 15) is 10.2 Å². The Balaban J connectivity index is 2.71. The first-order valence-corrected chi connectivity index (χ1v) is 5.25. The van der Waals surface area contributed by atoms with Gasteiger partial charge in [-0.2, -0.15) is 0 Å². The fourth-order valence-electron chi connectivity index (χ4n) is 1.55. The third-order valence-electron chi connectivity index (χ3n) is 2.31. The first-order valence-electron chi connectivity index (χ1n) is 5.25. The standard InChI is InChI=1S/C12H19NO2/c1-9(2)13-12(15)11(8-14)10-6-4-3-5-7-10/h3-7,9,11-15H,8H2,1-2H3. The van der Waals surface area contributed by atoms with E-state index in [-0.39, 0.29) is 18.6 Å². The molecule has 0 radical (unpaired) electrons. The second-order valence-electron chi connectivity index (χ2n) is 3.97. The van der Waals surface area contributed by atoms with Crippen LogP contribution < -0.4 is 5.32 Å². The van der Waals surface area contributed by atoms with E-state index in [0.717, 1.165) is 5.56 Å². The van der Waals surface area contributed by atoms with Crippen LogP contribution in [0.25, 0.3) is 0 Å². The molecule has 1 aromatic rings. The zero-order valence-electron chi connectivity index (χ0n) is 9.22. The van der Waals surface area contributed by atoms with Crippen molar-refractivity contribution in [3.8, 4) is 0 Å². The van der Waals surface area contributed by atoms with E-state index in [2.05, 4.69) is 5.32 Å². The Morgan fingerprint density at radius 3 is 2.27 bits per heavy atom. The van der Waals surface area contributed by atoms with Gasteiger partial charge >= 0.3 is 0 Å². The van der Waals surface area contributed by atoms with Crippen molar-refractivity contribution in [3.05, 3.63) is 35.9 Å². The maximum absolute atomic E-state index is 9.86. The molecule has 3 heteroatoms. The zero-order chi connectivity index (χ0) is 11.3. The Morgan fingerprint density at radius 1 is 1.20 bits per heavy atom. The van der Waals surface area contributed by atoms with Gasteiger partial charge in [0, 0.05) is 12.0 Å². The van der Waals surface area contributed by atoms with Crippen LogP contribution in [0.1, 0.15) is 25.3 Å². The van der Waals surface area contributed by atoms with Crippen molar-refractivity contribution in [1.29, 1.82) is 0 Å². The molecular weight excluding hydrogens is 190 g/mol. The second-order valence-corrected chi connectivity index (χ2v) is 3.97. The largest absolute Gasteiger partial charge is 0.396 e. The number of benzene rings is 1. The molecule has 0 bridgehead atoms. The summed E-state index contributed by atoms with van der Waals surface area (Å²) in [5.41, 5.74) is 0.945. The first-order chi connectivity index (χ1) is 7.15. The molecule has 84 valence electrons. The van der Waals surface area contributed by atoms with Crippen LogP contribution in [0.15, 0.2) is 30.3 Å². The summed E-state index contributed by atoms with van der Waals surface area (Å²) in [7, 11) is 0. The highest BCUT2D eigenvalue weighted by molar-refractivity contribution is 5.20. The molecule has 15 heavy (non-hydrogen) atoms. The average molecular weight is 209 g/mol. The van der Waals surface area contributed by atoms with Gasteiger partial charge in [-0.15, -0.1) is 0 Å². The van der Waals surface area contributed by atoms with Crippen molar-refractivity contribution in [3.63, 3.8) is 0 Å². The highest BCUT2D eigenvalue weighted by Crippen LogP contribution is 2.17. The lowest BCUT2D eigenvalue weighted by molar-refractivity contribution is 0.0711. The van der Waals surface area contributed by atoms with E-state index in [1.807, 2.05) is 44.2 Å². The molecule has 1 rings (SSSR count). The van der Waals surface area contributed by atoms with Gasteiger partial charge in [0.2, 0.25) is 0 Å². The van der Waals surface area contributed by atoms with Gasteiger partial charge in [-0.05, 0) is 19.4 Å². The minimum atomic E-state index is -0.711. The average Bonchev–Trinajstić information content (AvgIpc) is 2.19. The Morgan fingerprint density at radius 2 is 1.80 bits per heavy atom. The molecule has 0 fully saturated rings. The number of hydrogen-bond donors (Lipinski definition) is 3. The Bertz CT molecular complexity index is 274. The summed E-state index contributed by atoms with van der Waals surface area (Å²) >= 11 is 0. The van der Waals surface area contributed by atoms with E-state index >= 15 is 0 Å². The summed E-state index contributed by atoms with van der Waals surface area (Å²) < 4.78 is 0. The van der Waals surface area contributed by atoms with Crippen LogP contribution in [-0.2, 0) is 0 Å². The van der Waals surface area contributed by atoms with Gasteiger partial charge in [0.05, 0.1) is 6.61 Å². The van der Waals surface area contributed by atoms with E-state index in [4.69, 9.17) is 0 Å². The number of aliphatic hydroxyl groups is 2. The topological polar surface area (TPSA) is 52.5 Å². The lowest BCUT2D eigenvalue weighted by atomic mass is 9.98. The van der Waals surface area contributed by atoms with Gasteiger partial charge in [0.25, 0.3) is 0 Å². The van der Waals surface area contributed by atoms with Gasteiger partial charge < -0.3 is 10.2 Å². The molecule has 0 aliphatic rings. The smallest absolute Gasteiger partial charge is 0.114 e. The Kier molecular flexibility index (Phi) is 4.75. The minimum Gasteiger partial charge on any atom is -0.396 e. The van der Waals surface area contributed by atoms with E-state index in [1.165, 1.54) is 0 Å². The number of aliphatic hydroxyl groups excluding tert-OH is 2. The zero-order valence-corrected chi connectivity index (χ0v) is 9.22. The summed E-state index contributed by atoms with van der Waals surface area (Å²) in [5.74, 6) is -0.270. The number of nitrogens with one attached hydrogen (secondary N) is 1. The lowest BCUT2D eigenvalue weighted by Crippen LogP contribution is -2.40. The molecule has 0 aromatic heterocycles. The second kappa shape index (κ2) is 5.85. The molecule has 3 nitrogen and oxygen atoms in total. The van der Waals surface area contributed by atoms with Crippen molar-refractivity contribution in [1.82, 2.24) is 5.32 Å². The minimum absolute atomic E-state index is 0.0646. The van der Waals surface area contributed by atoms with Crippen molar-refractivity contribution in [2.24, 2.45) is 0 Å². The van der Waals surface area contributed by atoms with Crippen LogP contribution in [0.3, 0.4) is 0 Å². The predicted molar refractivity (Wildman–Crippen MR) is 60.5 cm³/mol. The summed E-state index contributed by atoms with van der Waals surface area (Å²) in [6, 6.07) is 9.73. The summed E-state index contributed by atoms with van der Waals surface area (Å²) in [4.78, 5) is 0. The van der Waals surface area contributed by atoms with Crippen LogP contribution in [0.2, 0.25) is 0 Å². The number of hydrogen-bond acceptors (Lipinski definition) is 3. The molecule has 0 saturated carbocycles. The summed E-state index contributed by atoms with van der Waals surface area (Å²) in [6.07, 6.45) is -0.711. The van der Waals surface area contributed by atoms with Gasteiger partial charge in [-0.25, -0.2) is 0 Å². The SMILES string of the molecule is CC(C)NC(O)C(CO)c1ccccc1. The first kappa shape index (κ1) is 12.2. The van der Waals surface area contributed by atoms with Gasteiger partial charge in [-0.1, -0.05) is 30.3 Å². The maximum atomic E-state index is 9.86. The normalized spacial score (nSPS) is 15.3. The highest BCUT2D eigenvalue weighted by atomic mass is 16.3. The highest BCUT2D eigenvalue weighted by Gasteiger charge is 2.20. The van der Waals surface area contributed by atoms with Gasteiger partial charge in [-0.3, -0.25) is 5.32 Å². The maximum Gasteiger partial charge on any atom is 0.114 e. The van der Waals surface area contributed by atoms with Gasteiger partial charge in [0.1, 0.15) is 6.23 Å². The molecule has 1 aromatic carbocycles. The number of rotatable bonds is 5. The molecule has 2 unspecified atom stereocenters. The van der Waals surface area contributed by atoms with Crippen molar-refractivity contribution in [2.45, 2.75) is 32.0 Å². The van der Waals surface area contributed by atoms with Gasteiger partial charge in [0.15, 0.2) is 0 Å². The van der Waals surface area contributed by atoms with E-state index < -0.39 is 6.23 Å². The third kappa shape index (κ3) is 3.63. The molecule has 0 heterocycles. The van der Waals surface area contributed by atoms with Crippen LogP contribution in [-0.4, -0.2) is 29.1 Å². The van der Waals surface area contributed by atoms with Crippen LogP contribution in [0.5, 0.6) is 0 Å². The fraction of sp³-hybridized carbons (Fsp3) is 0.500. The third-order valence-corrected chi connectivity index (χ3v) is 2.31. The quantitative estimate of drug-likeness (QED) is 0.636. The Hall–Kier alpha value is -0.900. The molecule has 0 aliphatic heterocycles. The molecular formula is C12H19NO2. The molecule has 2 atom stereocenters. The van der Waals surface area contributed by atoms with E-state index in [0.29, 0.717) is 0 Å². The molecule has 0 amide bonds. The lowest BCUT2D eigenvalue weighted by Gasteiger charge is -2.24. The van der Waals surface area contributed by atoms with Crippen molar-refractivity contribution in [2.75, 3.05) is 6.61 Å². The molecule has 3 N–H and O–H groups in total. The van der Waals surface area contributed by atoms with Crippen molar-refractivity contribution < 1.29 is 10.2 Å². The predicted octanol–water partition coefficient (Wildman–Crippen LogP) is 1.08. The van der Waals surface area contributed by atoms with Crippen LogP contribution in [0, 0.1) is 0 Å². The monoisotopic (exact) mass is 209 g/mol. The summed E-state index contributed by atoms with van der Waals surface area (Å²) in [5, 5.41) is 22.1. The molecule has 0 spiro atoms. The van der Waals surface area contributed by atoms with Crippen molar-refractivity contribution >= 4 is 0 Å². The fourth-order valence-corrected chi connectivity index (χ4v) is 1.55. The van der Waals surface area contributed by atoms with Crippen LogP contribution >= 0.6 is 0 Å². The van der Waals surface area contributed by atoms with E-state index in [1.54, 1.807) is 0 Å². The van der Waals surface area contributed by atoms with Crippen LogP contribution in [0.4, 0.5) is 0 Å². The molecule has 0 saturated heterocycles. The summed E-state index contributed by atoms with van der Waals surface area (Å²) in [6.45, 7) is 3.86. The molecule has 0 aliphatic carbocycles.